The van der Waals surface area contributed by atoms with Crippen LogP contribution in [0, 0.1) is 0 Å². The van der Waals surface area contributed by atoms with E-state index in [1.807, 2.05) is 24.4 Å². The van der Waals surface area contributed by atoms with Crippen LogP contribution in [-0.4, -0.2) is 33.8 Å². The highest BCUT2D eigenvalue weighted by Crippen LogP contribution is 2.36. The summed E-state index contributed by atoms with van der Waals surface area (Å²) < 4.78 is 2.47. The van der Waals surface area contributed by atoms with Crippen LogP contribution in [0.15, 0.2) is 66.9 Å². The number of aromatic nitrogens is 2. The lowest BCUT2D eigenvalue weighted by Gasteiger charge is -2.33. The lowest BCUT2D eigenvalue weighted by molar-refractivity contribution is 0.112. The van der Waals surface area contributed by atoms with Gasteiger partial charge in [0.1, 0.15) is 0 Å². The first kappa shape index (κ1) is 17.1. The van der Waals surface area contributed by atoms with Gasteiger partial charge in [-0.1, -0.05) is 36.4 Å². The normalized spacial score (nSPS) is 16.0. The molecule has 0 radical (unpaired) electrons. The van der Waals surface area contributed by atoms with Crippen LogP contribution >= 0.6 is 0 Å². The Hall–Kier alpha value is -2.98. The third kappa shape index (κ3) is 2.90. The zero-order valence-electron chi connectivity index (χ0n) is 15.8. The van der Waals surface area contributed by atoms with Gasteiger partial charge in [0.25, 0.3) is 0 Å². The van der Waals surface area contributed by atoms with Crippen LogP contribution in [0.3, 0.4) is 0 Å². The molecule has 2 aromatic carbocycles. The van der Waals surface area contributed by atoms with Crippen molar-refractivity contribution in [3.05, 3.63) is 78.1 Å². The summed E-state index contributed by atoms with van der Waals surface area (Å²) in [6.45, 7) is 3.03. The largest absolute Gasteiger partial charge is 0.337 e. The van der Waals surface area contributed by atoms with Gasteiger partial charge in [0.15, 0.2) is 6.29 Å². The first-order valence-electron chi connectivity index (χ1n) is 9.94. The van der Waals surface area contributed by atoms with Crippen LogP contribution in [-0.2, 0) is 6.54 Å². The minimum absolute atomic E-state index is 0.448. The maximum atomic E-state index is 11.6. The van der Waals surface area contributed by atoms with Crippen molar-refractivity contribution in [2.45, 2.75) is 25.4 Å². The van der Waals surface area contributed by atoms with Gasteiger partial charge >= 0.3 is 0 Å². The van der Waals surface area contributed by atoms with Crippen molar-refractivity contribution >= 4 is 28.1 Å². The van der Waals surface area contributed by atoms with Gasteiger partial charge in [0.05, 0.1) is 11.2 Å². The number of carbonyl (C=O) groups is 1. The Kier molecular flexibility index (Phi) is 4.41. The summed E-state index contributed by atoms with van der Waals surface area (Å²) in [4.78, 5) is 18.6. The molecule has 140 valence electrons. The van der Waals surface area contributed by atoms with E-state index in [1.54, 1.807) is 0 Å². The predicted octanol–water partition coefficient (Wildman–Crippen LogP) is 4.84. The quantitative estimate of drug-likeness (QED) is 0.483. The van der Waals surface area contributed by atoms with Gasteiger partial charge in [-0.05, 0) is 37.1 Å². The standard InChI is InChI=1S/C24H23N3O/c28-17-18-6-5-10-23-24(18)21-8-1-2-9-22(21)27(23)20-11-14-26(15-12-20)16-19-7-3-4-13-25-19/h1-10,13,17,20H,11-12,14-16H2. The van der Waals surface area contributed by atoms with E-state index in [4.69, 9.17) is 0 Å². The van der Waals surface area contributed by atoms with Gasteiger partial charge in [-0.25, -0.2) is 0 Å². The van der Waals surface area contributed by atoms with E-state index in [2.05, 4.69) is 56.9 Å². The van der Waals surface area contributed by atoms with Gasteiger partial charge in [-0.15, -0.1) is 0 Å². The number of nitrogens with zero attached hydrogens (tertiary/aromatic N) is 3. The molecule has 0 aliphatic carbocycles. The topological polar surface area (TPSA) is 38.1 Å². The number of rotatable bonds is 4. The molecule has 0 bridgehead atoms. The number of aldehydes is 1. The Morgan fingerprint density at radius 3 is 2.50 bits per heavy atom. The van der Waals surface area contributed by atoms with Crippen molar-refractivity contribution in [3.8, 4) is 0 Å². The van der Waals surface area contributed by atoms with E-state index in [-0.39, 0.29) is 0 Å². The third-order valence-corrected chi connectivity index (χ3v) is 5.93. The predicted molar refractivity (Wildman–Crippen MR) is 113 cm³/mol. The van der Waals surface area contributed by atoms with Crippen molar-refractivity contribution in [2.24, 2.45) is 0 Å². The van der Waals surface area contributed by atoms with E-state index in [0.717, 1.165) is 55.4 Å². The van der Waals surface area contributed by atoms with E-state index in [0.29, 0.717) is 6.04 Å². The summed E-state index contributed by atoms with van der Waals surface area (Å²) in [5.41, 5.74) is 4.32. The molecule has 4 nitrogen and oxygen atoms in total. The number of carbonyl (C=O) groups excluding carboxylic acids is 1. The molecule has 0 spiro atoms. The highest BCUT2D eigenvalue weighted by atomic mass is 16.1. The smallest absolute Gasteiger partial charge is 0.150 e. The van der Waals surface area contributed by atoms with E-state index in [9.17, 15) is 4.79 Å². The number of piperidine rings is 1. The molecule has 1 aliphatic heterocycles. The van der Waals surface area contributed by atoms with Gasteiger partial charge in [-0.2, -0.15) is 0 Å². The van der Waals surface area contributed by atoms with Crippen LogP contribution < -0.4 is 0 Å². The Morgan fingerprint density at radius 2 is 1.71 bits per heavy atom. The molecule has 1 aliphatic rings. The van der Waals surface area contributed by atoms with Gasteiger partial charge in [0.2, 0.25) is 0 Å². The number of benzene rings is 2. The summed E-state index contributed by atoms with van der Waals surface area (Å²) in [7, 11) is 0. The molecule has 1 fully saturated rings. The first-order chi connectivity index (χ1) is 13.8. The monoisotopic (exact) mass is 369 g/mol. The Balaban J connectivity index is 1.48. The van der Waals surface area contributed by atoms with Crippen LogP contribution in [0.2, 0.25) is 0 Å². The number of hydrogen-bond acceptors (Lipinski definition) is 3. The Bertz CT molecular complexity index is 1120. The molecule has 28 heavy (non-hydrogen) atoms. The van der Waals surface area contributed by atoms with Crippen LogP contribution in [0.4, 0.5) is 0 Å². The zero-order chi connectivity index (χ0) is 18.9. The SMILES string of the molecule is O=Cc1cccc2c1c1ccccc1n2C1CCN(Cc2ccccn2)CC1. The van der Waals surface area contributed by atoms with Gasteiger partial charge < -0.3 is 4.57 Å². The van der Waals surface area contributed by atoms with Crippen LogP contribution in [0.1, 0.15) is 34.9 Å². The van der Waals surface area contributed by atoms with E-state index in [1.165, 1.54) is 16.4 Å². The summed E-state index contributed by atoms with van der Waals surface area (Å²) in [6.07, 6.45) is 5.05. The van der Waals surface area contributed by atoms with Crippen LogP contribution in [0.5, 0.6) is 0 Å². The fraction of sp³-hybridized carbons (Fsp3) is 0.250. The fourth-order valence-corrected chi connectivity index (χ4v) is 4.62. The molecule has 4 heteroatoms. The van der Waals surface area contributed by atoms with Gasteiger partial charge in [-0.3, -0.25) is 14.7 Å². The number of pyridine rings is 1. The lowest BCUT2D eigenvalue weighted by atomic mass is 10.0. The molecule has 5 rings (SSSR count). The first-order valence-corrected chi connectivity index (χ1v) is 9.94. The third-order valence-electron chi connectivity index (χ3n) is 5.93. The average Bonchev–Trinajstić information content (AvgIpc) is 3.10. The Labute approximate surface area is 164 Å². The minimum Gasteiger partial charge on any atom is -0.337 e. The van der Waals surface area contributed by atoms with Gasteiger partial charge in [0, 0.05) is 53.7 Å². The molecular formula is C24H23N3O. The average molecular weight is 369 g/mol. The highest BCUT2D eigenvalue weighted by Gasteiger charge is 2.24. The summed E-state index contributed by atoms with van der Waals surface area (Å²) in [6, 6.07) is 21.1. The number of fused-ring (bicyclic) bond motifs is 3. The summed E-state index contributed by atoms with van der Waals surface area (Å²) >= 11 is 0. The molecule has 3 heterocycles. The molecule has 0 saturated carbocycles. The van der Waals surface area contributed by atoms with Crippen molar-refractivity contribution in [1.82, 2.24) is 14.5 Å². The van der Waals surface area contributed by atoms with Crippen molar-refractivity contribution in [1.29, 1.82) is 0 Å². The van der Waals surface area contributed by atoms with Crippen LogP contribution in [0.25, 0.3) is 21.8 Å². The van der Waals surface area contributed by atoms with Crippen molar-refractivity contribution < 1.29 is 4.79 Å². The zero-order valence-corrected chi connectivity index (χ0v) is 15.8. The molecule has 0 unspecified atom stereocenters. The second kappa shape index (κ2) is 7.21. The van der Waals surface area contributed by atoms with E-state index >= 15 is 0 Å². The van der Waals surface area contributed by atoms with E-state index < -0.39 is 0 Å². The molecule has 2 aromatic heterocycles. The second-order valence-electron chi connectivity index (χ2n) is 7.57. The number of para-hydroxylation sites is 1. The number of hydrogen-bond donors (Lipinski definition) is 0. The van der Waals surface area contributed by atoms with Crippen molar-refractivity contribution in [2.75, 3.05) is 13.1 Å². The molecule has 1 saturated heterocycles. The minimum atomic E-state index is 0.448. The molecule has 4 aromatic rings. The maximum absolute atomic E-state index is 11.6. The fourth-order valence-electron chi connectivity index (χ4n) is 4.62. The second-order valence-corrected chi connectivity index (χ2v) is 7.57. The molecular weight excluding hydrogens is 346 g/mol. The lowest BCUT2D eigenvalue weighted by Crippen LogP contribution is -2.34. The molecule has 0 amide bonds. The number of likely N-dealkylation sites (tertiary alicyclic amines) is 1. The molecule has 0 N–H and O–H groups in total. The van der Waals surface area contributed by atoms with Crippen molar-refractivity contribution in [3.63, 3.8) is 0 Å². The summed E-state index contributed by atoms with van der Waals surface area (Å²) in [5.74, 6) is 0. The Morgan fingerprint density at radius 1 is 0.929 bits per heavy atom. The highest BCUT2D eigenvalue weighted by molar-refractivity contribution is 6.14. The maximum Gasteiger partial charge on any atom is 0.150 e. The summed E-state index contributed by atoms with van der Waals surface area (Å²) in [5, 5.41) is 2.26. The molecule has 0 atom stereocenters.